The molecule has 0 fully saturated rings. The van der Waals surface area contributed by atoms with Crippen LogP contribution in [0.3, 0.4) is 0 Å². The van der Waals surface area contributed by atoms with Gasteiger partial charge in [-0.1, -0.05) is 45.0 Å². The van der Waals surface area contributed by atoms with Crippen molar-refractivity contribution in [2.45, 2.75) is 40.0 Å². The average molecular weight is 367 g/mol. The van der Waals surface area contributed by atoms with E-state index in [1.54, 1.807) is 12.1 Å². The summed E-state index contributed by atoms with van der Waals surface area (Å²) < 4.78 is 0. The molecular weight excluding hydrogens is 342 g/mol. The van der Waals surface area contributed by atoms with E-state index in [0.717, 1.165) is 16.7 Å². The molecule has 2 aromatic carbocycles. The number of Topliss-reactive ketones (excluding diaryl/α,β-unsaturated/α-hetero) is 1. The maximum atomic E-state index is 12.7. The summed E-state index contributed by atoms with van der Waals surface area (Å²) in [6, 6.07) is 9.93. The molecule has 0 saturated heterocycles. The van der Waals surface area contributed by atoms with Gasteiger partial charge in [0.1, 0.15) is 0 Å². The predicted octanol–water partition coefficient (Wildman–Crippen LogP) is 3.91. The molecule has 0 saturated carbocycles. The van der Waals surface area contributed by atoms with E-state index < -0.39 is 11.9 Å². The second-order valence-corrected chi connectivity index (χ2v) is 7.69. The maximum absolute atomic E-state index is 12.7. The lowest BCUT2D eigenvalue weighted by molar-refractivity contribution is 0.0691. The smallest absolute Gasteiger partial charge is 0.336 e. The number of benzene rings is 2. The topological polar surface area (TPSA) is 83.5 Å². The van der Waals surface area contributed by atoms with Gasteiger partial charge in [0.2, 0.25) is 0 Å². The van der Waals surface area contributed by atoms with Gasteiger partial charge in [0, 0.05) is 5.56 Å². The van der Waals surface area contributed by atoms with Gasteiger partial charge in [0.05, 0.1) is 17.7 Å². The first-order chi connectivity index (χ1) is 12.5. The summed E-state index contributed by atoms with van der Waals surface area (Å²) in [5.74, 6) is -1.97. The van der Waals surface area contributed by atoms with Crippen LogP contribution in [0.2, 0.25) is 0 Å². The molecule has 0 unspecified atom stereocenters. The first-order valence-electron chi connectivity index (χ1n) is 8.78. The number of aryl methyl sites for hydroxylation is 2. The van der Waals surface area contributed by atoms with Gasteiger partial charge >= 0.3 is 5.97 Å². The molecule has 0 heterocycles. The van der Waals surface area contributed by atoms with Crippen molar-refractivity contribution in [1.82, 2.24) is 5.32 Å². The Morgan fingerprint density at radius 2 is 1.48 bits per heavy atom. The van der Waals surface area contributed by atoms with Gasteiger partial charge < -0.3 is 10.4 Å². The van der Waals surface area contributed by atoms with Gasteiger partial charge in [-0.25, -0.2) is 4.79 Å². The fourth-order valence-electron chi connectivity index (χ4n) is 3.05. The van der Waals surface area contributed by atoms with Crippen molar-refractivity contribution in [3.8, 4) is 0 Å². The highest BCUT2D eigenvalue weighted by Crippen LogP contribution is 2.27. The molecule has 0 bridgehead atoms. The molecule has 0 aliphatic carbocycles. The van der Waals surface area contributed by atoms with E-state index in [4.69, 9.17) is 0 Å². The minimum atomic E-state index is -1.18. The lowest BCUT2D eigenvalue weighted by atomic mass is 9.83. The molecule has 2 rings (SSSR count). The number of carbonyl (C=O) groups excluding carboxylic acids is 2. The van der Waals surface area contributed by atoms with E-state index in [9.17, 15) is 19.5 Å². The molecule has 5 heteroatoms. The van der Waals surface area contributed by atoms with Crippen LogP contribution in [-0.4, -0.2) is 29.3 Å². The average Bonchev–Trinajstić information content (AvgIpc) is 2.58. The highest BCUT2D eigenvalue weighted by molar-refractivity contribution is 6.07. The number of carboxylic acids is 1. The Labute approximate surface area is 159 Å². The van der Waals surface area contributed by atoms with E-state index in [1.165, 1.54) is 12.1 Å². The Bertz CT molecular complexity index is 884. The number of amides is 1. The van der Waals surface area contributed by atoms with Gasteiger partial charge in [0.25, 0.3) is 5.91 Å². The van der Waals surface area contributed by atoms with Crippen molar-refractivity contribution in [1.29, 1.82) is 0 Å². The van der Waals surface area contributed by atoms with Crippen LogP contribution in [-0.2, 0) is 5.41 Å². The Hall–Kier alpha value is -2.95. The fourth-order valence-corrected chi connectivity index (χ4v) is 3.05. The van der Waals surface area contributed by atoms with Crippen molar-refractivity contribution >= 4 is 17.7 Å². The zero-order valence-electron chi connectivity index (χ0n) is 16.3. The summed E-state index contributed by atoms with van der Waals surface area (Å²) in [6.07, 6.45) is 0. The van der Waals surface area contributed by atoms with Gasteiger partial charge in [-0.2, -0.15) is 0 Å². The molecule has 2 aromatic rings. The normalized spacial score (nSPS) is 11.1. The van der Waals surface area contributed by atoms with Crippen LogP contribution in [0.25, 0.3) is 0 Å². The van der Waals surface area contributed by atoms with E-state index in [2.05, 4.69) is 26.1 Å². The summed E-state index contributed by atoms with van der Waals surface area (Å²) in [6.45, 7) is 9.92. The highest BCUT2D eigenvalue weighted by Gasteiger charge is 2.21. The predicted molar refractivity (Wildman–Crippen MR) is 105 cm³/mol. The van der Waals surface area contributed by atoms with Crippen molar-refractivity contribution in [2.75, 3.05) is 6.54 Å². The molecule has 0 atom stereocenters. The number of carbonyl (C=O) groups is 3. The minimum Gasteiger partial charge on any atom is -0.478 e. The molecular formula is C22H25NO4. The Balaban J connectivity index is 2.20. The Morgan fingerprint density at radius 3 is 1.96 bits per heavy atom. The Kier molecular flexibility index (Phi) is 5.84. The van der Waals surface area contributed by atoms with Crippen LogP contribution in [0.5, 0.6) is 0 Å². The molecule has 1 amide bonds. The summed E-state index contributed by atoms with van der Waals surface area (Å²) in [7, 11) is 0. The van der Waals surface area contributed by atoms with E-state index >= 15 is 0 Å². The van der Waals surface area contributed by atoms with Crippen LogP contribution in [0, 0.1) is 13.8 Å². The molecule has 2 N–H and O–H groups in total. The van der Waals surface area contributed by atoms with Crippen LogP contribution >= 0.6 is 0 Å². The van der Waals surface area contributed by atoms with Crippen LogP contribution < -0.4 is 5.32 Å². The van der Waals surface area contributed by atoms with E-state index in [0.29, 0.717) is 5.56 Å². The lowest BCUT2D eigenvalue weighted by Gasteiger charge is -2.22. The van der Waals surface area contributed by atoms with Crippen LogP contribution in [0.15, 0.2) is 36.4 Å². The maximum Gasteiger partial charge on any atom is 0.336 e. The standard InChI is InChI=1S/C22H25NO4/c1-13-10-15(22(3,4)5)11-14(2)19(13)18(24)12-23-20(25)16-8-6-7-9-17(16)21(26)27/h6-11H,12H2,1-5H3,(H,23,25)(H,26,27). The second kappa shape index (κ2) is 7.74. The summed E-state index contributed by atoms with van der Waals surface area (Å²) >= 11 is 0. The van der Waals surface area contributed by atoms with Crippen molar-refractivity contribution in [2.24, 2.45) is 0 Å². The number of ketones is 1. The third-order valence-electron chi connectivity index (χ3n) is 4.49. The van der Waals surface area contributed by atoms with Crippen molar-refractivity contribution in [3.05, 3.63) is 69.8 Å². The number of aromatic carboxylic acids is 1. The zero-order chi connectivity index (χ0) is 20.4. The first-order valence-corrected chi connectivity index (χ1v) is 8.78. The number of nitrogens with one attached hydrogen (secondary N) is 1. The van der Waals surface area contributed by atoms with Crippen LogP contribution in [0.4, 0.5) is 0 Å². The quantitative estimate of drug-likeness (QED) is 0.785. The van der Waals surface area contributed by atoms with Crippen molar-refractivity contribution < 1.29 is 19.5 Å². The highest BCUT2D eigenvalue weighted by atomic mass is 16.4. The summed E-state index contributed by atoms with van der Waals surface area (Å²) in [5.41, 5.74) is 3.39. The van der Waals surface area contributed by atoms with E-state index in [1.807, 2.05) is 26.0 Å². The first kappa shape index (κ1) is 20.4. The third kappa shape index (κ3) is 4.61. The van der Waals surface area contributed by atoms with Gasteiger partial charge in [-0.15, -0.1) is 0 Å². The fraction of sp³-hybridized carbons (Fsp3) is 0.318. The van der Waals surface area contributed by atoms with Gasteiger partial charge in [-0.05, 0) is 48.1 Å². The molecule has 0 aliphatic rings. The number of rotatable bonds is 5. The third-order valence-corrected chi connectivity index (χ3v) is 4.49. The minimum absolute atomic E-state index is 0.0220. The monoisotopic (exact) mass is 367 g/mol. The molecule has 142 valence electrons. The lowest BCUT2D eigenvalue weighted by Crippen LogP contribution is -2.31. The van der Waals surface area contributed by atoms with Crippen molar-refractivity contribution in [3.63, 3.8) is 0 Å². The largest absolute Gasteiger partial charge is 0.478 e. The molecule has 27 heavy (non-hydrogen) atoms. The summed E-state index contributed by atoms with van der Waals surface area (Å²) in [4.78, 5) is 36.2. The van der Waals surface area contributed by atoms with Gasteiger partial charge in [0.15, 0.2) is 5.78 Å². The molecule has 0 aliphatic heterocycles. The second-order valence-electron chi connectivity index (χ2n) is 7.69. The molecule has 5 nitrogen and oxygen atoms in total. The number of hydrogen-bond donors (Lipinski definition) is 2. The Morgan fingerprint density at radius 1 is 0.963 bits per heavy atom. The van der Waals surface area contributed by atoms with Crippen LogP contribution in [0.1, 0.15) is 68.5 Å². The zero-order valence-corrected chi connectivity index (χ0v) is 16.3. The molecule has 0 radical (unpaired) electrons. The SMILES string of the molecule is Cc1cc(C(C)(C)C)cc(C)c1C(=O)CNC(=O)c1ccccc1C(=O)O. The molecule has 0 spiro atoms. The summed E-state index contributed by atoms with van der Waals surface area (Å²) in [5, 5.41) is 11.7. The number of hydrogen-bond acceptors (Lipinski definition) is 3. The van der Waals surface area contributed by atoms with Gasteiger partial charge in [-0.3, -0.25) is 9.59 Å². The van der Waals surface area contributed by atoms with E-state index in [-0.39, 0.29) is 28.9 Å². The number of carboxylic acid groups (broad SMARTS) is 1. The molecule has 0 aromatic heterocycles.